The molecule has 0 aliphatic heterocycles. The van der Waals surface area contributed by atoms with E-state index in [9.17, 15) is 17.6 Å². The standard InChI is InChI=1S/C10H15F4NO/c1-3-5-15-8(4-2)6-16-7-10(13,14)9(11)12/h2,8-9,15H,3,5-7H2,1H3. The fourth-order valence-corrected chi connectivity index (χ4v) is 0.860. The Balaban J connectivity index is 3.83. The molecule has 0 heterocycles. The van der Waals surface area contributed by atoms with Crippen molar-refractivity contribution in [3.05, 3.63) is 0 Å². The van der Waals surface area contributed by atoms with Crippen LogP contribution in [0.4, 0.5) is 17.6 Å². The van der Waals surface area contributed by atoms with E-state index in [0.29, 0.717) is 6.54 Å². The molecule has 0 fully saturated rings. The normalized spacial score (nSPS) is 13.8. The maximum absolute atomic E-state index is 12.4. The molecule has 0 aliphatic rings. The van der Waals surface area contributed by atoms with Crippen molar-refractivity contribution < 1.29 is 22.3 Å². The minimum absolute atomic E-state index is 0.210. The van der Waals surface area contributed by atoms with Crippen molar-refractivity contribution in [3.63, 3.8) is 0 Å². The molecular weight excluding hydrogens is 226 g/mol. The molecule has 0 spiro atoms. The number of halogens is 4. The van der Waals surface area contributed by atoms with Crippen LogP contribution < -0.4 is 5.32 Å². The Bertz CT molecular complexity index is 227. The lowest BCUT2D eigenvalue weighted by Crippen LogP contribution is -2.37. The van der Waals surface area contributed by atoms with Crippen LogP contribution in [0.5, 0.6) is 0 Å². The van der Waals surface area contributed by atoms with E-state index in [4.69, 9.17) is 6.42 Å². The number of rotatable bonds is 8. The second-order valence-corrected chi connectivity index (χ2v) is 3.25. The minimum Gasteiger partial charge on any atom is -0.372 e. The van der Waals surface area contributed by atoms with Gasteiger partial charge in [-0.05, 0) is 13.0 Å². The van der Waals surface area contributed by atoms with E-state index in [-0.39, 0.29) is 6.61 Å². The lowest BCUT2D eigenvalue weighted by molar-refractivity contribution is -0.166. The molecule has 0 aliphatic carbocycles. The molecule has 0 saturated heterocycles. The van der Waals surface area contributed by atoms with Gasteiger partial charge in [-0.15, -0.1) is 6.42 Å². The lowest BCUT2D eigenvalue weighted by Gasteiger charge is -2.17. The van der Waals surface area contributed by atoms with Crippen molar-refractivity contribution >= 4 is 0 Å². The highest BCUT2D eigenvalue weighted by Gasteiger charge is 2.41. The van der Waals surface area contributed by atoms with Crippen molar-refractivity contribution in [2.24, 2.45) is 0 Å². The Labute approximate surface area is 92.3 Å². The monoisotopic (exact) mass is 241 g/mol. The highest BCUT2D eigenvalue weighted by atomic mass is 19.3. The van der Waals surface area contributed by atoms with Crippen LogP contribution in [0.3, 0.4) is 0 Å². The Morgan fingerprint density at radius 1 is 1.44 bits per heavy atom. The molecule has 94 valence electrons. The Kier molecular flexibility index (Phi) is 7.10. The summed E-state index contributed by atoms with van der Waals surface area (Å²) < 4.78 is 52.8. The van der Waals surface area contributed by atoms with E-state index in [1.54, 1.807) is 0 Å². The molecule has 6 heteroatoms. The van der Waals surface area contributed by atoms with Crippen molar-refractivity contribution in [1.29, 1.82) is 0 Å². The van der Waals surface area contributed by atoms with Gasteiger partial charge >= 0.3 is 12.3 Å². The third-order valence-electron chi connectivity index (χ3n) is 1.74. The Morgan fingerprint density at radius 3 is 2.50 bits per heavy atom. The molecule has 1 atom stereocenters. The summed E-state index contributed by atoms with van der Waals surface area (Å²) in [4.78, 5) is 0. The summed E-state index contributed by atoms with van der Waals surface area (Å²) in [7, 11) is 0. The molecule has 0 aromatic carbocycles. The van der Waals surface area contributed by atoms with Gasteiger partial charge in [0.15, 0.2) is 0 Å². The van der Waals surface area contributed by atoms with Gasteiger partial charge in [0.25, 0.3) is 0 Å². The van der Waals surface area contributed by atoms with Gasteiger partial charge in [0.2, 0.25) is 0 Å². The number of hydrogen-bond acceptors (Lipinski definition) is 2. The molecule has 16 heavy (non-hydrogen) atoms. The average molecular weight is 241 g/mol. The first-order valence-electron chi connectivity index (χ1n) is 4.87. The fraction of sp³-hybridized carbons (Fsp3) is 0.800. The smallest absolute Gasteiger partial charge is 0.330 e. The maximum atomic E-state index is 12.4. The summed E-state index contributed by atoms with van der Waals surface area (Å²) in [6, 6.07) is -0.534. The van der Waals surface area contributed by atoms with Crippen molar-refractivity contribution in [3.8, 4) is 12.3 Å². The van der Waals surface area contributed by atoms with Gasteiger partial charge in [-0.3, -0.25) is 0 Å². The van der Waals surface area contributed by atoms with Gasteiger partial charge in [-0.1, -0.05) is 12.8 Å². The van der Waals surface area contributed by atoms with Crippen LogP contribution in [0.25, 0.3) is 0 Å². The molecule has 0 radical (unpaired) electrons. The predicted octanol–water partition coefficient (Wildman–Crippen LogP) is 1.90. The van der Waals surface area contributed by atoms with E-state index in [0.717, 1.165) is 6.42 Å². The van der Waals surface area contributed by atoms with E-state index < -0.39 is 25.0 Å². The highest BCUT2D eigenvalue weighted by Crippen LogP contribution is 2.22. The molecule has 0 saturated carbocycles. The zero-order chi connectivity index (χ0) is 12.6. The number of terminal acetylenes is 1. The zero-order valence-electron chi connectivity index (χ0n) is 8.98. The molecule has 1 N–H and O–H groups in total. The molecule has 0 bridgehead atoms. The average Bonchev–Trinajstić information content (AvgIpc) is 2.22. The van der Waals surface area contributed by atoms with Crippen molar-refractivity contribution in [1.82, 2.24) is 5.32 Å². The first kappa shape index (κ1) is 15.2. The van der Waals surface area contributed by atoms with Gasteiger partial charge in [0, 0.05) is 0 Å². The SMILES string of the molecule is C#CC(COCC(F)(F)C(F)F)NCCC. The van der Waals surface area contributed by atoms with Gasteiger partial charge in [0.1, 0.15) is 6.61 Å². The number of nitrogens with one attached hydrogen (secondary N) is 1. The lowest BCUT2D eigenvalue weighted by atomic mass is 10.3. The first-order chi connectivity index (χ1) is 7.44. The summed E-state index contributed by atoms with van der Waals surface area (Å²) >= 11 is 0. The molecule has 0 aromatic heterocycles. The Hall–Kier alpha value is -0.800. The number of alkyl halides is 4. The largest absolute Gasteiger partial charge is 0.372 e. The van der Waals surface area contributed by atoms with Crippen LogP contribution in [0.1, 0.15) is 13.3 Å². The molecule has 0 rings (SSSR count). The van der Waals surface area contributed by atoms with Gasteiger partial charge in [-0.2, -0.15) is 8.78 Å². The molecule has 1 unspecified atom stereocenters. The summed E-state index contributed by atoms with van der Waals surface area (Å²) in [6.07, 6.45) is 2.20. The van der Waals surface area contributed by atoms with Crippen LogP contribution in [0.15, 0.2) is 0 Å². The third-order valence-corrected chi connectivity index (χ3v) is 1.74. The molecular formula is C10H15F4NO. The van der Waals surface area contributed by atoms with E-state index in [1.807, 2.05) is 6.92 Å². The number of ether oxygens (including phenoxy) is 1. The minimum atomic E-state index is -4.12. The van der Waals surface area contributed by atoms with Gasteiger partial charge in [0.05, 0.1) is 12.6 Å². The second kappa shape index (κ2) is 7.47. The van der Waals surface area contributed by atoms with Crippen molar-refractivity contribution in [2.75, 3.05) is 19.8 Å². The van der Waals surface area contributed by atoms with Gasteiger partial charge < -0.3 is 10.1 Å². The highest BCUT2D eigenvalue weighted by molar-refractivity contribution is 4.98. The molecule has 2 nitrogen and oxygen atoms in total. The molecule has 0 aromatic rings. The van der Waals surface area contributed by atoms with E-state index in [2.05, 4.69) is 16.0 Å². The van der Waals surface area contributed by atoms with Crippen LogP contribution in [0, 0.1) is 12.3 Å². The summed E-state index contributed by atoms with van der Waals surface area (Å²) in [5.74, 6) is -1.84. The first-order valence-corrected chi connectivity index (χ1v) is 4.87. The van der Waals surface area contributed by atoms with Crippen LogP contribution in [-0.2, 0) is 4.74 Å². The summed E-state index contributed by atoms with van der Waals surface area (Å²) in [6.45, 7) is 0.991. The summed E-state index contributed by atoms with van der Waals surface area (Å²) in [5, 5.41) is 2.84. The van der Waals surface area contributed by atoms with Crippen LogP contribution in [-0.4, -0.2) is 38.1 Å². The third kappa shape index (κ3) is 5.93. The second-order valence-electron chi connectivity index (χ2n) is 3.25. The van der Waals surface area contributed by atoms with Gasteiger partial charge in [-0.25, -0.2) is 8.78 Å². The molecule has 0 amide bonds. The Morgan fingerprint density at radius 2 is 2.06 bits per heavy atom. The van der Waals surface area contributed by atoms with Crippen LogP contribution in [0.2, 0.25) is 0 Å². The van der Waals surface area contributed by atoms with E-state index >= 15 is 0 Å². The maximum Gasteiger partial charge on any atom is 0.330 e. The van der Waals surface area contributed by atoms with Crippen LogP contribution >= 0.6 is 0 Å². The topological polar surface area (TPSA) is 21.3 Å². The van der Waals surface area contributed by atoms with Crippen molar-refractivity contribution in [2.45, 2.75) is 31.7 Å². The summed E-state index contributed by atoms with van der Waals surface area (Å²) in [5.41, 5.74) is 0. The quantitative estimate of drug-likeness (QED) is 0.517. The fourth-order valence-electron chi connectivity index (χ4n) is 0.860. The number of hydrogen-bond donors (Lipinski definition) is 1. The predicted molar refractivity (Wildman–Crippen MR) is 52.7 cm³/mol. The zero-order valence-corrected chi connectivity index (χ0v) is 8.98. The van der Waals surface area contributed by atoms with E-state index in [1.165, 1.54) is 0 Å².